The Kier molecular flexibility index (Phi) is 4.10. The minimum atomic E-state index is -0.230. The van der Waals surface area contributed by atoms with Gasteiger partial charge in [-0.15, -0.1) is 0 Å². The number of aromatic nitrogens is 1. The number of carbonyl (C=O) groups is 1. The summed E-state index contributed by atoms with van der Waals surface area (Å²) in [4.78, 5) is 18.7. The highest BCUT2D eigenvalue weighted by Gasteiger charge is 2.43. The van der Waals surface area contributed by atoms with Crippen LogP contribution in [-0.2, 0) is 0 Å². The maximum Gasteiger partial charge on any atom is 0.254 e. The van der Waals surface area contributed by atoms with Crippen LogP contribution in [0, 0.1) is 11.8 Å². The van der Waals surface area contributed by atoms with E-state index in [0.717, 1.165) is 38.2 Å². The number of aliphatic hydroxyl groups is 1. The van der Waals surface area contributed by atoms with E-state index in [-0.39, 0.29) is 17.9 Å². The molecule has 0 aromatic carbocycles. The van der Waals surface area contributed by atoms with E-state index in [1.807, 2.05) is 11.0 Å². The normalized spacial score (nSPS) is 27.7. The lowest BCUT2D eigenvalue weighted by molar-refractivity contribution is 0.0752. The molecule has 2 aliphatic rings. The molecule has 2 fully saturated rings. The zero-order valence-corrected chi connectivity index (χ0v) is 12.5. The van der Waals surface area contributed by atoms with Gasteiger partial charge in [-0.2, -0.15) is 0 Å². The fraction of sp³-hybridized carbons (Fsp3) is 0.625. The molecule has 1 aliphatic carbocycles. The lowest BCUT2D eigenvalue weighted by Crippen LogP contribution is -2.31. The Morgan fingerprint density at radius 2 is 2.33 bits per heavy atom. The average molecular weight is 289 g/mol. The van der Waals surface area contributed by atoms with E-state index in [9.17, 15) is 9.90 Å². The van der Waals surface area contributed by atoms with Crippen LogP contribution in [0.2, 0.25) is 0 Å². The molecule has 5 heteroatoms. The number of carbonyl (C=O) groups excluding carboxylic acids is 1. The molecule has 1 aromatic rings. The monoisotopic (exact) mass is 289 g/mol. The summed E-state index contributed by atoms with van der Waals surface area (Å²) in [5.74, 6) is 1.55. The predicted octanol–water partition coefficient (Wildman–Crippen LogP) is 1.75. The van der Waals surface area contributed by atoms with Gasteiger partial charge in [0.25, 0.3) is 5.91 Å². The van der Waals surface area contributed by atoms with Crippen LogP contribution in [0.1, 0.15) is 36.5 Å². The minimum Gasteiger partial charge on any atom is -0.393 e. The molecule has 2 N–H and O–H groups in total. The Balaban J connectivity index is 1.68. The van der Waals surface area contributed by atoms with Crippen LogP contribution in [0.15, 0.2) is 18.3 Å². The molecule has 1 amide bonds. The second-order valence-electron chi connectivity index (χ2n) is 6.14. The van der Waals surface area contributed by atoms with E-state index >= 15 is 0 Å². The third-order valence-electron chi connectivity index (χ3n) is 4.67. The number of amides is 1. The van der Waals surface area contributed by atoms with Gasteiger partial charge in [-0.25, -0.2) is 4.98 Å². The van der Waals surface area contributed by atoms with Crippen molar-refractivity contribution < 1.29 is 9.90 Å². The zero-order chi connectivity index (χ0) is 14.8. The molecule has 3 rings (SSSR count). The molecular formula is C16H23N3O2. The summed E-state index contributed by atoms with van der Waals surface area (Å²) < 4.78 is 0. The number of nitrogens with zero attached hydrogens (tertiary/aromatic N) is 2. The summed E-state index contributed by atoms with van der Waals surface area (Å²) in [6.45, 7) is 4.41. The predicted molar refractivity (Wildman–Crippen MR) is 81.1 cm³/mol. The van der Waals surface area contributed by atoms with Gasteiger partial charge < -0.3 is 15.3 Å². The van der Waals surface area contributed by atoms with Gasteiger partial charge in [0.15, 0.2) is 0 Å². The summed E-state index contributed by atoms with van der Waals surface area (Å²) in [5, 5.41) is 13.2. The number of rotatable bonds is 4. The second kappa shape index (κ2) is 6.02. The Hall–Kier alpha value is -1.62. The molecule has 2 heterocycles. The highest BCUT2D eigenvalue weighted by atomic mass is 16.3. The Labute approximate surface area is 125 Å². The number of nitrogens with one attached hydrogen (secondary N) is 1. The van der Waals surface area contributed by atoms with E-state index in [4.69, 9.17) is 0 Å². The van der Waals surface area contributed by atoms with Gasteiger partial charge in [-0.05, 0) is 37.3 Å². The topological polar surface area (TPSA) is 65.5 Å². The van der Waals surface area contributed by atoms with Gasteiger partial charge in [0.2, 0.25) is 0 Å². The molecule has 114 valence electrons. The molecule has 3 unspecified atom stereocenters. The molecule has 1 saturated carbocycles. The van der Waals surface area contributed by atoms with Gasteiger partial charge in [0.1, 0.15) is 5.82 Å². The molecule has 1 aromatic heterocycles. The van der Waals surface area contributed by atoms with Crippen molar-refractivity contribution in [1.82, 2.24) is 9.88 Å². The largest absolute Gasteiger partial charge is 0.393 e. The van der Waals surface area contributed by atoms with Crippen molar-refractivity contribution in [2.24, 2.45) is 11.8 Å². The number of aliphatic hydroxyl groups excluding tert-OH is 1. The Morgan fingerprint density at radius 1 is 1.48 bits per heavy atom. The number of fused-ring (bicyclic) bond motifs is 1. The first kappa shape index (κ1) is 14.3. The highest BCUT2D eigenvalue weighted by Crippen LogP contribution is 2.38. The van der Waals surface area contributed by atoms with Crippen LogP contribution < -0.4 is 5.32 Å². The van der Waals surface area contributed by atoms with Crippen LogP contribution in [0.4, 0.5) is 5.82 Å². The first-order valence-corrected chi connectivity index (χ1v) is 7.86. The summed E-state index contributed by atoms with van der Waals surface area (Å²) in [5.41, 5.74) is 0.679. The van der Waals surface area contributed by atoms with E-state index in [1.165, 1.54) is 0 Å². The van der Waals surface area contributed by atoms with Crippen molar-refractivity contribution in [2.45, 2.75) is 32.3 Å². The van der Waals surface area contributed by atoms with Gasteiger partial charge in [0.05, 0.1) is 6.10 Å². The second-order valence-corrected chi connectivity index (χ2v) is 6.14. The number of pyridine rings is 1. The molecule has 0 bridgehead atoms. The van der Waals surface area contributed by atoms with E-state index < -0.39 is 0 Å². The van der Waals surface area contributed by atoms with E-state index in [2.05, 4.69) is 17.2 Å². The van der Waals surface area contributed by atoms with Crippen molar-refractivity contribution in [3.63, 3.8) is 0 Å². The lowest BCUT2D eigenvalue weighted by atomic mass is 10.00. The van der Waals surface area contributed by atoms with Crippen LogP contribution >= 0.6 is 0 Å². The Morgan fingerprint density at radius 3 is 3.10 bits per heavy atom. The third kappa shape index (κ3) is 2.88. The van der Waals surface area contributed by atoms with Crippen molar-refractivity contribution in [3.05, 3.63) is 23.9 Å². The molecule has 0 spiro atoms. The van der Waals surface area contributed by atoms with E-state index in [0.29, 0.717) is 18.0 Å². The maximum absolute atomic E-state index is 12.6. The SMILES string of the molecule is CCCNc1cc(C(=O)N2CC3CCC(O)C3C2)ccn1. The standard InChI is InChI=1S/C16H23N3O2/c1-2-6-17-15-8-11(5-7-18-15)16(21)19-9-12-3-4-14(20)13(12)10-19/h5,7-8,12-14,20H,2-4,6,9-10H2,1H3,(H,17,18). The van der Waals surface area contributed by atoms with Gasteiger partial charge in [-0.1, -0.05) is 6.92 Å². The van der Waals surface area contributed by atoms with Crippen molar-refractivity contribution in [1.29, 1.82) is 0 Å². The number of hydrogen-bond donors (Lipinski definition) is 2. The van der Waals surface area contributed by atoms with Crippen molar-refractivity contribution in [2.75, 3.05) is 25.0 Å². The molecular weight excluding hydrogens is 266 g/mol. The number of anilines is 1. The van der Waals surface area contributed by atoms with Crippen LogP contribution in [0.5, 0.6) is 0 Å². The van der Waals surface area contributed by atoms with Crippen molar-refractivity contribution in [3.8, 4) is 0 Å². The van der Waals surface area contributed by atoms with Gasteiger partial charge in [-0.3, -0.25) is 4.79 Å². The smallest absolute Gasteiger partial charge is 0.254 e. The quantitative estimate of drug-likeness (QED) is 0.886. The zero-order valence-electron chi connectivity index (χ0n) is 12.5. The third-order valence-corrected chi connectivity index (χ3v) is 4.67. The molecule has 1 saturated heterocycles. The fourth-order valence-corrected chi connectivity index (χ4v) is 3.50. The number of likely N-dealkylation sites (tertiary alicyclic amines) is 1. The lowest BCUT2D eigenvalue weighted by Gasteiger charge is -2.18. The first-order chi connectivity index (χ1) is 10.2. The summed E-state index contributed by atoms with van der Waals surface area (Å²) in [6.07, 6.45) is 4.39. The van der Waals surface area contributed by atoms with E-state index in [1.54, 1.807) is 12.3 Å². The molecule has 5 nitrogen and oxygen atoms in total. The summed E-state index contributed by atoms with van der Waals surface area (Å²) >= 11 is 0. The van der Waals surface area contributed by atoms with Gasteiger partial charge >= 0.3 is 0 Å². The van der Waals surface area contributed by atoms with Gasteiger partial charge in [0, 0.05) is 37.3 Å². The molecule has 1 aliphatic heterocycles. The highest BCUT2D eigenvalue weighted by molar-refractivity contribution is 5.95. The minimum absolute atomic E-state index is 0.0542. The summed E-state index contributed by atoms with van der Waals surface area (Å²) in [6, 6.07) is 3.59. The molecule has 3 atom stereocenters. The van der Waals surface area contributed by atoms with Crippen LogP contribution in [-0.4, -0.2) is 46.6 Å². The summed E-state index contributed by atoms with van der Waals surface area (Å²) in [7, 11) is 0. The molecule has 21 heavy (non-hydrogen) atoms. The maximum atomic E-state index is 12.6. The number of hydrogen-bond acceptors (Lipinski definition) is 4. The van der Waals surface area contributed by atoms with Crippen molar-refractivity contribution >= 4 is 11.7 Å². The average Bonchev–Trinajstić information content (AvgIpc) is 3.07. The molecule has 0 radical (unpaired) electrons. The fourth-order valence-electron chi connectivity index (χ4n) is 3.50. The Bertz CT molecular complexity index is 520. The van der Waals surface area contributed by atoms with Crippen LogP contribution in [0.3, 0.4) is 0 Å². The first-order valence-electron chi connectivity index (χ1n) is 7.86. The van der Waals surface area contributed by atoms with Crippen LogP contribution in [0.25, 0.3) is 0 Å².